The summed E-state index contributed by atoms with van der Waals surface area (Å²) in [6.45, 7) is 6.05. The van der Waals surface area contributed by atoms with Crippen LogP contribution < -0.4 is 9.46 Å². The van der Waals surface area contributed by atoms with Crippen LogP contribution in [0, 0.1) is 6.92 Å². The zero-order valence-corrected chi connectivity index (χ0v) is 15.3. The highest BCUT2D eigenvalue weighted by atomic mass is 32.2. The van der Waals surface area contributed by atoms with E-state index in [1.807, 2.05) is 50.2 Å². The average molecular weight is 347 g/mol. The summed E-state index contributed by atoms with van der Waals surface area (Å²) in [5, 5.41) is 0. The minimum atomic E-state index is -3.20. The third kappa shape index (κ3) is 5.35. The van der Waals surface area contributed by atoms with Crippen molar-refractivity contribution in [1.82, 2.24) is 4.72 Å². The molecule has 0 aliphatic rings. The number of ether oxygens (including phenoxy) is 1. The quantitative estimate of drug-likeness (QED) is 0.791. The summed E-state index contributed by atoms with van der Waals surface area (Å²) in [6, 6.07) is 16.1. The first-order chi connectivity index (χ1) is 11.4. The first kappa shape index (κ1) is 18.5. The van der Waals surface area contributed by atoms with Gasteiger partial charge in [0.1, 0.15) is 11.9 Å². The second kappa shape index (κ2) is 8.31. The molecule has 1 N–H and O–H groups in total. The molecule has 1 unspecified atom stereocenters. The monoisotopic (exact) mass is 347 g/mol. The molecule has 0 fully saturated rings. The Morgan fingerprint density at radius 1 is 1.08 bits per heavy atom. The van der Waals surface area contributed by atoms with Crippen LogP contribution in [0.25, 0.3) is 11.1 Å². The Kier molecular flexibility index (Phi) is 6.40. The molecular formula is C19H25NO3S. The van der Waals surface area contributed by atoms with E-state index in [1.165, 1.54) is 11.1 Å². The molecule has 0 spiro atoms. The fourth-order valence-electron chi connectivity index (χ4n) is 2.47. The van der Waals surface area contributed by atoms with E-state index in [2.05, 4.69) is 23.8 Å². The zero-order chi connectivity index (χ0) is 17.6. The predicted molar refractivity (Wildman–Crippen MR) is 98.8 cm³/mol. The van der Waals surface area contributed by atoms with Gasteiger partial charge in [-0.05, 0) is 49.1 Å². The number of aryl methyl sites for hydroxylation is 1. The van der Waals surface area contributed by atoms with Crippen molar-refractivity contribution < 1.29 is 13.2 Å². The van der Waals surface area contributed by atoms with Gasteiger partial charge in [0.25, 0.3) is 0 Å². The van der Waals surface area contributed by atoms with Gasteiger partial charge in [-0.2, -0.15) is 0 Å². The summed E-state index contributed by atoms with van der Waals surface area (Å²) in [5.41, 5.74) is 3.56. The van der Waals surface area contributed by atoms with Crippen molar-refractivity contribution in [2.24, 2.45) is 0 Å². The Morgan fingerprint density at radius 2 is 1.75 bits per heavy atom. The first-order valence-electron chi connectivity index (χ1n) is 8.21. The Morgan fingerprint density at radius 3 is 2.38 bits per heavy atom. The Balaban J connectivity index is 1.95. The molecule has 5 heteroatoms. The van der Waals surface area contributed by atoms with Crippen molar-refractivity contribution in [3.63, 3.8) is 0 Å². The molecule has 24 heavy (non-hydrogen) atoms. The highest BCUT2D eigenvalue weighted by molar-refractivity contribution is 7.89. The molecule has 0 radical (unpaired) electrons. The lowest BCUT2D eigenvalue weighted by Gasteiger charge is -2.16. The van der Waals surface area contributed by atoms with Gasteiger partial charge in [-0.15, -0.1) is 0 Å². The van der Waals surface area contributed by atoms with Crippen molar-refractivity contribution in [2.45, 2.75) is 33.3 Å². The summed E-state index contributed by atoms with van der Waals surface area (Å²) in [5.74, 6) is 0.875. The Labute approximate surface area is 144 Å². The third-order valence-corrected chi connectivity index (χ3v) is 5.26. The second-order valence-corrected chi connectivity index (χ2v) is 7.86. The molecule has 2 aromatic carbocycles. The van der Waals surface area contributed by atoms with E-state index in [0.29, 0.717) is 6.42 Å². The minimum absolute atomic E-state index is 0.144. The van der Waals surface area contributed by atoms with Gasteiger partial charge in [0.2, 0.25) is 10.0 Å². The number of hydrogen-bond donors (Lipinski definition) is 1. The Hall–Kier alpha value is -1.85. The molecule has 0 bridgehead atoms. The van der Waals surface area contributed by atoms with Crippen molar-refractivity contribution in [3.8, 4) is 16.9 Å². The highest BCUT2D eigenvalue weighted by Crippen LogP contribution is 2.25. The van der Waals surface area contributed by atoms with E-state index in [0.717, 1.165) is 11.3 Å². The van der Waals surface area contributed by atoms with Gasteiger partial charge in [0.15, 0.2) is 0 Å². The normalized spacial score (nSPS) is 12.8. The van der Waals surface area contributed by atoms with Gasteiger partial charge < -0.3 is 4.74 Å². The van der Waals surface area contributed by atoms with Crippen molar-refractivity contribution in [2.75, 3.05) is 12.3 Å². The second-order valence-electron chi connectivity index (χ2n) is 5.94. The highest BCUT2D eigenvalue weighted by Gasteiger charge is 2.12. The smallest absolute Gasteiger partial charge is 0.211 e. The lowest BCUT2D eigenvalue weighted by atomic mass is 10.0. The molecule has 4 nitrogen and oxygen atoms in total. The van der Waals surface area contributed by atoms with Crippen molar-refractivity contribution >= 4 is 10.0 Å². The summed E-state index contributed by atoms with van der Waals surface area (Å²) >= 11 is 0. The molecule has 0 aliphatic heterocycles. The van der Waals surface area contributed by atoms with Crippen LogP contribution in [0.3, 0.4) is 0 Å². The largest absolute Gasteiger partial charge is 0.489 e. The molecule has 0 heterocycles. The third-order valence-electron chi connectivity index (χ3n) is 3.71. The molecule has 0 saturated heterocycles. The molecule has 0 amide bonds. The van der Waals surface area contributed by atoms with Crippen LogP contribution in [-0.2, 0) is 10.0 Å². The van der Waals surface area contributed by atoms with Crippen LogP contribution in [0.5, 0.6) is 5.75 Å². The standard InChI is InChI=1S/C19H25NO3S/c1-4-13-24(21,22)20-14-16(3)23-18-11-9-17(10-12-18)19-8-6-5-7-15(19)2/h5-12,16,20H,4,13-14H2,1-3H3. The fourth-order valence-corrected chi connectivity index (χ4v) is 3.64. The summed E-state index contributed by atoms with van der Waals surface area (Å²) in [7, 11) is -3.20. The van der Waals surface area contributed by atoms with Crippen LogP contribution in [0.1, 0.15) is 25.8 Å². The van der Waals surface area contributed by atoms with E-state index in [-0.39, 0.29) is 18.4 Å². The summed E-state index contributed by atoms with van der Waals surface area (Å²) in [4.78, 5) is 0. The van der Waals surface area contributed by atoms with Gasteiger partial charge in [-0.25, -0.2) is 13.1 Å². The van der Waals surface area contributed by atoms with Crippen molar-refractivity contribution in [1.29, 1.82) is 0 Å². The lowest BCUT2D eigenvalue weighted by molar-refractivity contribution is 0.225. The molecule has 0 aromatic heterocycles. The number of sulfonamides is 1. The summed E-state index contributed by atoms with van der Waals surface area (Å²) in [6.07, 6.45) is 0.367. The van der Waals surface area contributed by atoms with Gasteiger partial charge in [0.05, 0.1) is 5.75 Å². The van der Waals surface area contributed by atoms with Gasteiger partial charge in [-0.1, -0.05) is 43.3 Å². The molecule has 2 aromatic rings. The van der Waals surface area contributed by atoms with Gasteiger partial charge in [-0.3, -0.25) is 0 Å². The maximum atomic E-state index is 11.7. The minimum Gasteiger partial charge on any atom is -0.489 e. The van der Waals surface area contributed by atoms with Gasteiger partial charge >= 0.3 is 0 Å². The molecule has 2 rings (SSSR count). The number of hydrogen-bond acceptors (Lipinski definition) is 3. The van der Waals surface area contributed by atoms with Crippen molar-refractivity contribution in [3.05, 3.63) is 54.1 Å². The van der Waals surface area contributed by atoms with Gasteiger partial charge in [0, 0.05) is 6.54 Å². The van der Waals surface area contributed by atoms with E-state index in [1.54, 1.807) is 0 Å². The molecule has 0 aliphatic carbocycles. The van der Waals surface area contributed by atoms with E-state index >= 15 is 0 Å². The zero-order valence-electron chi connectivity index (χ0n) is 14.5. The van der Waals surface area contributed by atoms with E-state index in [4.69, 9.17) is 4.74 Å². The van der Waals surface area contributed by atoms with Crippen LogP contribution in [0.4, 0.5) is 0 Å². The van der Waals surface area contributed by atoms with Crippen LogP contribution in [0.15, 0.2) is 48.5 Å². The topological polar surface area (TPSA) is 55.4 Å². The number of rotatable bonds is 8. The SMILES string of the molecule is CCCS(=O)(=O)NCC(C)Oc1ccc(-c2ccccc2C)cc1. The number of nitrogens with one attached hydrogen (secondary N) is 1. The summed E-state index contributed by atoms with van der Waals surface area (Å²) < 4.78 is 31.7. The molecule has 1 atom stereocenters. The van der Waals surface area contributed by atoms with E-state index in [9.17, 15) is 8.42 Å². The number of benzene rings is 2. The van der Waals surface area contributed by atoms with Crippen LogP contribution in [0.2, 0.25) is 0 Å². The molecular weight excluding hydrogens is 322 g/mol. The first-order valence-corrected chi connectivity index (χ1v) is 9.86. The fraction of sp³-hybridized carbons (Fsp3) is 0.368. The Bertz CT molecular complexity index is 754. The maximum absolute atomic E-state index is 11.7. The predicted octanol–water partition coefficient (Wildman–Crippen LogP) is 3.76. The molecule has 0 saturated carbocycles. The molecule has 130 valence electrons. The van der Waals surface area contributed by atoms with Crippen LogP contribution in [-0.4, -0.2) is 26.8 Å². The lowest BCUT2D eigenvalue weighted by Crippen LogP contribution is -2.34. The van der Waals surface area contributed by atoms with Crippen LogP contribution >= 0.6 is 0 Å². The maximum Gasteiger partial charge on any atom is 0.211 e. The van der Waals surface area contributed by atoms with E-state index < -0.39 is 10.0 Å². The average Bonchev–Trinajstić information content (AvgIpc) is 2.54.